The van der Waals surface area contributed by atoms with Crippen molar-refractivity contribution in [1.29, 1.82) is 0 Å². The van der Waals surface area contributed by atoms with Crippen LogP contribution in [0.3, 0.4) is 0 Å². The van der Waals surface area contributed by atoms with Crippen LogP contribution in [-0.4, -0.2) is 11.3 Å². The fourth-order valence-electron chi connectivity index (χ4n) is 3.51. The molecule has 0 bridgehead atoms. The molecular formula is C23H24ClNO. The summed E-state index contributed by atoms with van der Waals surface area (Å²) < 4.78 is 0. The Kier molecular flexibility index (Phi) is 5.77. The number of benzene rings is 3. The highest BCUT2D eigenvalue weighted by atomic mass is 35.5. The molecule has 0 aromatic heterocycles. The number of aliphatic hydroxyl groups excluding tert-OH is 1. The molecule has 2 nitrogen and oxygen atoms in total. The van der Waals surface area contributed by atoms with Gasteiger partial charge in [0.1, 0.15) is 6.23 Å². The zero-order valence-corrected chi connectivity index (χ0v) is 15.7. The lowest BCUT2D eigenvalue weighted by atomic mass is 9.74. The van der Waals surface area contributed by atoms with E-state index in [0.717, 1.165) is 12.0 Å². The van der Waals surface area contributed by atoms with Crippen LogP contribution in [0.4, 0.5) is 0 Å². The van der Waals surface area contributed by atoms with Crippen molar-refractivity contribution in [3.05, 3.63) is 95.0 Å². The van der Waals surface area contributed by atoms with Gasteiger partial charge >= 0.3 is 0 Å². The molecule has 0 saturated heterocycles. The molecule has 3 heteroatoms. The van der Waals surface area contributed by atoms with Gasteiger partial charge in [-0.25, -0.2) is 0 Å². The molecule has 0 spiro atoms. The van der Waals surface area contributed by atoms with Crippen molar-refractivity contribution in [2.24, 2.45) is 5.73 Å². The van der Waals surface area contributed by atoms with Crippen molar-refractivity contribution in [2.45, 2.75) is 31.4 Å². The molecule has 26 heavy (non-hydrogen) atoms. The van der Waals surface area contributed by atoms with E-state index in [4.69, 9.17) is 17.3 Å². The number of rotatable bonds is 6. The average molecular weight is 366 g/mol. The van der Waals surface area contributed by atoms with Crippen LogP contribution in [0.5, 0.6) is 0 Å². The van der Waals surface area contributed by atoms with Gasteiger partial charge < -0.3 is 10.8 Å². The summed E-state index contributed by atoms with van der Waals surface area (Å²) in [6.45, 7) is 2.12. The molecule has 1 unspecified atom stereocenters. The zero-order chi connectivity index (χ0) is 18.6. The Morgan fingerprint density at radius 3 is 2.19 bits per heavy atom. The molecule has 3 rings (SSSR count). The molecule has 0 amide bonds. The van der Waals surface area contributed by atoms with Crippen molar-refractivity contribution >= 4 is 11.6 Å². The molecule has 0 saturated carbocycles. The average Bonchev–Trinajstić information content (AvgIpc) is 2.62. The first-order valence-electron chi connectivity index (χ1n) is 8.80. The largest absolute Gasteiger partial charge is 0.379 e. The molecule has 3 aromatic rings. The molecule has 0 heterocycles. The summed E-state index contributed by atoms with van der Waals surface area (Å²) in [5.74, 6) is 0. The van der Waals surface area contributed by atoms with E-state index in [9.17, 15) is 5.11 Å². The first-order valence-corrected chi connectivity index (χ1v) is 9.18. The van der Waals surface area contributed by atoms with E-state index in [0.29, 0.717) is 11.4 Å². The maximum absolute atomic E-state index is 9.83. The molecule has 2 atom stereocenters. The van der Waals surface area contributed by atoms with Crippen molar-refractivity contribution < 1.29 is 5.11 Å². The SMILES string of the molecule is CC(Cc1ccc(-c2ccccc2)cc1)(C[C@H](N)O)c1cccc(Cl)c1. The Balaban J connectivity index is 1.87. The van der Waals surface area contributed by atoms with Gasteiger partial charge in [0, 0.05) is 10.4 Å². The minimum atomic E-state index is -0.873. The number of aliphatic hydroxyl groups is 1. The lowest BCUT2D eigenvalue weighted by Gasteiger charge is -2.32. The van der Waals surface area contributed by atoms with Crippen LogP contribution in [0, 0.1) is 0 Å². The summed E-state index contributed by atoms with van der Waals surface area (Å²) in [4.78, 5) is 0. The van der Waals surface area contributed by atoms with Gasteiger partial charge in [0.05, 0.1) is 0 Å². The second kappa shape index (κ2) is 8.05. The van der Waals surface area contributed by atoms with E-state index in [1.165, 1.54) is 16.7 Å². The summed E-state index contributed by atoms with van der Waals surface area (Å²) in [6, 6.07) is 26.7. The van der Waals surface area contributed by atoms with E-state index in [1.807, 2.05) is 42.5 Å². The van der Waals surface area contributed by atoms with Crippen molar-refractivity contribution in [2.75, 3.05) is 0 Å². The fraction of sp³-hybridized carbons (Fsp3) is 0.217. The minimum Gasteiger partial charge on any atom is -0.379 e. The van der Waals surface area contributed by atoms with Gasteiger partial charge in [-0.05, 0) is 47.2 Å². The van der Waals surface area contributed by atoms with E-state index >= 15 is 0 Å². The van der Waals surface area contributed by atoms with E-state index < -0.39 is 6.23 Å². The smallest absolute Gasteiger partial charge is 0.103 e. The molecule has 134 valence electrons. The standard InChI is InChI=1S/C23H24ClNO/c1-23(16-22(25)26,20-8-5-9-21(24)14-20)15-17-10-12-19(13-11-17)18-6-3-2-4-7-18/h2-14,22,26H,15-16,25H2,1H3/t22-,23?/m1/s1. The number of halogens is 1. The van der Waals surface area contributed by atoms with Crippen LogP contribution in [0.1, 0.15) is 24.5 Å². The van der Waals surface area contributed by atoms with Crippen molar-refractivity contribution in [1.82, 2.24) is 0 Å². The predicted octanol–water partition coefficient (Wildman–Crippen LogP) is 5.17. The Hall–Kier alpha value is -2.13. The first kappa shape index (κ1) is 18.7. The van der Waals surface area contributed by atoms with Gasteiger partial charge in [0.15, 0.2) is 0 Å². The van der Waals surface area contributed by atoms with Gasteiger partial charge in [0.2, 0.25) is 0 Å². The molecule has 3 N–H and O–H groups in total. The Labute approximate surface area is 160 Å². The van der Waals surface area contributed by atoms with Crippen molar-refractivity contribution in [3.63, 3.8) is 0 Å². The molecule has 0 aliphatic heterocycles. The van der Waals surface area contributed by atoms with Gasteiger partial charge in [-0.3, -0.25) is 0 Å². The fourth-order valence-corrected chi connectivity index (χ4v) is 3.70. The highest BCUT2D eigenvalue weighted by Gasteiger charge is 2.29. The molecule has 0 aliphatic rings. The molecular weight excluding hydrogens is 342 g/mol. The van der Waals surface area contributed by atoms with Crippen LogP contribution in [0.15, 0.2) is 78.9 Å². The van der Waals surface area contributed by atoms with Gasteiger partial charge in [-0.2, -0.15) is 0 Å². The monoisotopic (exact) mass is 365 g/mol. The minimum absolute atomic E-state index is 0.298. The summed E-state index contributed by atoms with van der Waals surface area (Å²) in [6.07, 6.45) is 0.368. The van der Waals surface area contributed by atoms with Crippen LogP contribution in [0.2, 0.25) is 5.02 Å². The Bertz CT molecular complexity index is 846. The van der Waals surface area contributed by atoms with Crippen molar-refractivity contribution in [3.8, 4) is 11.1 Å². The molecule has 0 fully saturated rings. The highest BCUT2D eigenvalue weighted by Crippen LogP contribution is 2.34. The third-order valence-electron chi connectivity index (χ3n) is 4.84. The zero-order valence-electron chi connectivity index (χ0n) is 14.9. The maximum Gasteiger partial charge on any atom is 0.103 e. The number of hydrogen-bond donors (Lipinski definition) is 2. The first-order chi connectivity index (χ1) is 12.5. The normalized spacial score (nSPS) is 14.6. The van der Waals surface area contributed by atoms with E-state index in [1.54, 1.807) is 0 Å². The second-order valence-electron chi connectivity index (χ2n) is 7.08. The molecule has 0 radical (unpaired) electrons. The summed E-state index contributed by atoms with van der Waals surface area (Å²) in [5, 5.41) is 10.5. The third-order valence-corrected chi connectivity index (χ3v) is 5.07. The van der Waals surface area contributed by atoms with Crippen LogP contribution in [-0.2, 0) is 11.8 Å². The second-order valence-corrected chi connectivity index (χ2v) is 7.52. The maximum atomic E-state index is 9.83. The van der Waals surface area contributed by atoms with E-state index in [2.05, 4.69) is 43.3 Å². The predicted molar refractivity (Wildman–Crippen MR) is 109 cm³/mol. The summed E-state index contributed by atoms with van der Waals surface area (Å²) in [7, 11) is 0. The van der Waals surface area contributed by atoms with Crippen LogP contribution >= 0.6 is 11.6 Å². The highest BCUT2D eigenvalue weighted by molar-refractivity contribution is 6.30. The van der Waals surface area contributed by atoms with Gasteiger partial charge in [-0.1, -0.05) is 85.3 Å². The lowest BCUT2D eigenvalue weighted by molar-refractivity contribution is 0.140. The molecule has 0 aliphatic carbocycles. The lowest BCUT2D eigenvalue weighted by Crippen LogP contribution is -2.34. The van der Waals surface area contributed by atoms with Gasteiger partial charge in [0.25, 0.3) is 0 Å². The van der Waals surface area contributed by atoms with E-state index in [-0.39, 0.29) is 5.41 Å². The third kappa shape index (κ3) is 4.53. The number of hydrogen-bond acceptors (Lipinski definition) is 2. The Morgan fingerprint density at radius 1 is 0.923 bits per heavy atom. The summed E-state index contributed by atoms with van der Waals surface area (Å²) >= 11 is 6.19. The topological polar surface area (TPSA) is 46.2 Å². The quantitative estimate of drug-likeness (QED) is 0.591. The van der Waals surface area contributed by atoms with Gasteiger partial charge in [-0.15, -0.1) is 0 Å². The molecule has 3 aromatic carbocycles. The summed E-state index contributed by atoms with van der Waals surface area (Å²) in [5.41, 5.74) is 10.1. The van der Waals surface area contributed by atoms with Crippen LogP contribution in [0.25, 0.3) is 11.1 Å². The van der Waals surface area contributed by atoms with Crippen LogP contribution < -0.4 is 5.73 Å². The Morgan fingerprint density at radius 2 is 1.58 bits per heavy atom. The number of nitrogens with two attached hydrogens (primary N) is 1.